The van der Waals surface area contributed by atoms with Crippen LogP contribution in [0.3, 0.4) is 0 Å². The lowest BCUT2D eigenvalue weighted by atomic mass is 9.79. The standard InChI is InChI=1S/C45H84O22/c1-3-5-7-9-11-13-15-17-45(18-16-14-12-10-8-6-4-2,23-60-41-37(58)33(54)39(27(21-48)64-41)66-43-35(56)31(52)29(50)25(19-46)62-43)24-61-42-38(59)34(55)40(28(22-49)65-42)67-44-36(57)32(53)30(51)26(20-47)63-44/h25-44,46-59H,3-24H2,1-2H3/t25-,26-,27-,28-,29-,30-,31+,32+,33-,34-,35-,36-,37-,38-,39-,40-,41-,42-,43-,44-/m1/s1. The molecule has 4 fully saturated rings. The molecule has 4 saturated heterocycles. The van der Waals surface area contributed by atoms with Crippen molar-refractivity contribution >= 4 is 0 Å². The summed E-state index contributed by atoms with van der Waals surface area (Å²) in [6, 6.07) is 0. The predicted molar refractivity (Wildman–Crippen MR) is 232 cm³/mol. The number of aliphatic hydroxyl groups is 14. The van der Waals surface area contributed by atoms with Gasteiger partial charge in [0, 0.05) is 5.41 Å². The van der Waals surface area contributed by atoms with Crippen molar-refractivity contribution in [3.63, 3.8) is 0 Å². The average Bonchev–Trinajstić information content (AvgIpc) is 3.33. The second kappa shape index (κ2) is 29.6. The molecule has 4 aliphatic rings. The van der Waals surface area contributed by atoms with E-state index in [0.29, 0.717) is 12.8 Å². The Kier molecular flexibility index (Phi) is 25.9. The lowest BCUT2D eigenvalue weighted by molar-refractivity contribution is -0.365. The first-order chi connectivity index (χ1) is 32.1. The molecular formula is C45H84O22. The third kappa shape index (κ3) is 16.1. The van der Waals surface area contributed by atoms with Crippen LogP contribution in [-0.4, -0.2) is 234 Å². The van der Waals surface area contributed by atoms with Gasteiger partial charge >= 0.3 is 0 Å². The molecule has 0 amide bonds. The van der Waals surface area contributed by atoms with E-state index in [2.05, 4.69) is 13.8 Å². The minimum Gasteiger partial charge on any atom is -0.394 e. The summed E-state index contributed by atoms with van der Waals surface area (Å²) in [5.74, 6) is 0. The maximum atomic E-state index is 11.4. The molecule has 0 unspecified atom stereocenters. The molecule has 14 N–H and O–H groups in total. The monoisotopic (exact) mass is 977 g/mol. The molecule has 20 atom stereocenters. The van der Waals surface area contributed by atoms with Gasteiger partial charge in [-0.05, 0) is 12.8 Å². The van der Waals surface area contributed by atoms with Crippen molar-refractivity contribution < 1.29 is 109 Å². The lowest BCUT2D eigenvalue weighted by Crippen LogP contribution is -2.65. The van der Waals surface area contributed by atoms with E-state index in [0.717, 1.165) is 89.9 Å². The minimum atomic E-state index is -1.84. The first-order valence-corrected chi connectivity index (χ1v) is 24.5. The average molecular weight is 977 g/mol. The maximum absolute atomic E-state index is 11.4. The Morgan fingerprint density at radius 1 is 0.343 bits per heavy atom. The van der Waals surface area contributed by atoms with Crippen molar-refractivity contribution in [3.8, 4) is 0 Å². The van der Waals surface area contributed by atoms with Gasteiger partial charge in [-0.15, -0.1) is 0 Å². The van der Waals surface area contributed by atoms with Gasteiger partial charge in [-0.25, -0.2) is 0 Å². The second-order valence-electron chi connectivity index (χ2n) is 18.9. The van der Waals surface area contributed by atoms with Gasteiger partial charge in [-0.2, -0.15) is 0 Å². The third-order valence-corrected chi connectivity index (χ3v) is 13.6. The minimum absolute atomic E-state index is 0.138. The fraction of sp³-hybridized carbons (Fsp3) is 1.00. The Labute approximate surface area is 393 Å². The van der Waals surface area contributed by atoms with E-state index in [1.54, 1.807) is 0 Å². The van der Waals surface area contributed by atoms with E-state index < -0.39 is 155 Å². The lowest BCUT2D eigenvalue weighted by Gasteiger charge is -2.47. The molecule has 0 aromatic carbocycles. The van der Waals surface area contributed by atoms with Crippen molar-refractivity contribution in [2.75, 3.05) is 39.6 Å². The molecule has 0 saturated carbocycles. The molecule has 4 rings (SSSR count). The van der Waals surface area contributed by atoms with E-state index >= 15 is 0 Å². The fourth-order valence-electron chi connectivity index (χ4n) is 9.27. The van der Waals surface area contributed by atoms with Crippen LogP contribution in [0.4, 0.5) is 0 Å². The van der Waals surface area contributed by atoms with Gasteiger partial charge in [0.1, 0.15) is 97.7 Å². The molecule has 0 aromatic heterocycles. The van der Waals surface area contributed by atoms with Crippen LogP contribution in [0, 0.1) is 5.41 Å². The highest BCUT2D eigenvalue weighted by Gasteiger charge is 2.53. The second-order valence-corrected chi connectivity index (χ2v) is 18.9. The van der Waals surface area contributed by atoms with Crippen molar-refractivity contribution in [1.82, 2.24) is 0 Å². The summed E-state index contributed by atoms with van der Waals surface area (Å²) in [5, 5.41) is 148. The zero-order valence-corrected chi connectivity index (χ0v) is 39.1. The summed E-state index contributed by atoms with van der Waals surface area (Å²) in [6.07, 6.45) is -17.8. The van der Waals surface area contributed by atoms with Crippen LogP contribution >= 0.6 is 0 Å². The molecule has 22 heteroatoms. The van der Waals surface area contributed by atoms with E-state index in [4.69, 9.17) is 37.9 Å². The summed E-state index contributed by atoms with van der Waals surface area (Å²) < 4.78 is 46.9. The summed E-state index contributed by atoms with van der Waals surface area (Å²) in [5.41, 5.74) is -0.869. The highest BCUT2D eigenvalue weighted by atomic mass is 16.8. The van der Waals surface area contributed by atoms with Crippen LogP contribution in [0.15, 0.2) is 0 Å². The Morgan fingerprint density at radius 3 is 0.970 bits per heavy atom. The number of rotatable bonds is 30. The first kappa shape index (κ1) is 58.7. The molecule has 396 valence electrons. The normalized spacial score (nSPS) is 39.8. The van der Waals surface area contributed by atoms with Gasteiger partial charge in [0.05, 0.1) is 39.6 Å². The van der Waals surface area contributed by atoms with Gasteiger partial charge in [-0.3, -0.25) is 0 Å². The van der Waals surface area contributed by atoms with Crippen LogP contribution in [0.1, 0.15) is 117 Å². The van der Waals surface area contributed by atoms with Crippen LogP contribution in [0.25, 0.3) is 0 Å². The maximum Gasteiger partial charge on any atom is 0.187 e. The van der Waals surface area contributed by atoms with Crippen molar-refractivity contribution in [3.05, 3.63) is 0 Å². The van der Waals surface area contributed by atoms with Crippen LogP contribution in [0.2, 0.25) is 0 Å². The summed E-state index contributed by atoms with van der Waals surface area (Å²) in [7, 11) is 0. The number of aliphatic hydroxyl groups excluding tert-OH is 14. The predicted octanol–water partition coefficient (Wildman–Crippen LogP) is -2.46. The van der Waals surface area contributed by atoms with E-state index in [9.17, 15) is 71.5 Å². The van der Waals surface area contributed by atoms with Crippen LogP contribution < -0.4 is 0 Å². The Hall–Kier alpha value is -0.880. The molecule has 0 aliphatic carbocycles. The molecular weight excluding hydrogens is 892 g/mol. The van der Waals surface area contributed by atoms with Gasteiger partial charge < -0.3 is 109 Å². The molecule has 0 aromatic rings. The highest BCUT2D eigenvalue weighted by Crippen LogP contribution is 2.38. The van der Waals surface area contributed by atoms with Gasteiger partial charge in [0.2, 0.25) is 0 Å². The van der Waals surface area contributed by atoms with Gasteiger partial charge in [0.15, 0.2) is 25.2 Å². The number of hydrogen-bond acceptors (Lipinski definition) is 22. The zero-order chi connectivity index (χ0) is 49.3. The van der Waals surface area contributed by atoms with Crippen molar-refractivity contribution in [1.29, 1.82) is 0 Å². The molecule has 0 radical (unpaired) electrons. The smallest absolute Gasteiger partial charge is 0.187 e. The fourth-order valence-corrected chi connectivity index (χ4v) is 9.27. The summed E-state index contributed by atoms with van der Waals surface area (Å²) in [6.45, 7) is 1.00. The molecule has 67 heavy (non-hydrogen) atoms. The van der Waals surface area contributed by atoms with Gasteiger partial charge in [0.25, 0.3) is 0 Å². The van der Waals surface area contributed by atoms with E-state index in [-0.39, 0.29) is 13.2 Å². The summed E-state index contributed by atoms with van der Waals surface area (Å²) in [4.78, 5) is 0. The number of unbranched alkanes of at least 4 members (excludes halogenated alkanes) is 12. The van der Waals surface area contributed by atoms with Crippen LogP contribution in [-0.2, 0) is 37.9 Å². The molecule has 4 aliphatic heterocycles. The van der Waals surface area contributed by atoms with Gasteiger partial charge in [-0.1, -0.05) is 104 Å². The largest absolute Gasteiger partial charge is 0.394 e. The topological polar surface area (TPSA) is 357 Å². The zero-order valence-electron chi connectivity index (χ0n) is 39.1. The van der Waals surface area contributed by atoms with Crippen molar-refractivity contribution in [2.45, 2.75) is 239 Å². The third-order valence-electron chi connectivity index (χ3n) is 13.6. The molecule has 4 heterocycles. The first-order valence-electron chi connectivity index (χ1n) is 24.5. The molecule has 0 bridgehead atoms. The number of hydrogen-bond donors (Lipinski definition) is 14. The molecule has 0 spiro atoms. The summed E-state index contributed by atoms with van der Waals surface area (Å²) >= 11 is 0. The molecule has 22 nitrogen and oxygen atoms in total. The SMILES string of the molecule is CCCCCCCCCC(CCCCCCCCC)(CO[C@@H]1O[C@H](CO)[C@@H](O[C@H]2O[C@H](CO)[C@@H](O)[C@H](O)[C@H]2O)[C@H](O)[C@H]1O)CO[C@@H]1O[C@H](CO)[C@@H](O[C@H]2O[C@H](CO)[C@@H](O)[C@H](O)[C@H]2O)[C@H](O)[C@H]1O. The Balaban J connectivity index is 1.54. The Bertz CT molecular complexity index is 1220. The van der Waals surface area contributed by atoms with Crippen molar-refractivity contribution in [2.24, 2.45) is 5.41 Å². The highest BCUT2D eigenvalue weighted by molar-refractivity contribution is 4.96. The van der Waals surface area contributed by atoms with E-state index in [1.807, 2.05) is 0 Å². The quantitative estimate of drug-likeness (QED) is 0.0332. The van der Waals surface area contributed by atoms with E-state index in [1.165, 1.54) is 0 Å². The van der Waals surface area contributed by atoms with Crippen LogP contribution in [0.5, 0.6) is 0 Å². The number of ether oxygens (including phenoxy) is 8. The Morgan fingerprint density at radius 2 is 0.642 bits per heavy atom.